The predicted molar refractivity (Wildman–Crippen MR) is 115 cm³/mol. The molecule has 0 spiro atoms. The molecule has 0 bridgehead atoms. The number of benzene rings is 2. The highest BCUT2D eigenvalue weighted by molar-refractivity contribution is 9.11. The van der Waals surface area contributed by atoms with Crippen molar-refractivity contribution < 1.29 is 14.3 Å². The van der Waals surface area contributed by atoms with Gasteiger partial charge < -0.3 is 4.74 Å². The molecule has 0 heterocycles. The van der Waals surface area contributed by atoms with Gasteiger partial charge in [-0.15, -0.1) is 0 Å². The zero-order valence-electron chi connectivity index (χ0n) is 13.9. The molecule has 2 amide bonds. The summed E-state index contributed by atoms with van der Waals surface area (Å²) in [4.78, 5) is 23.6. The van der Waals surface area contributed by atoms with E-state index < -0.39 is 11.8 Å². The second-order valence-electron chi connectivity index (χ2n) is 5.10. The molecule has 0 atom stereocenters. The van der Waals surface area contributed by atoms with Gasteiger partial charge in [0.15, 0.2) is 11.7 Å². The molecule has 0 unspecified atom stereocenters. The molecule has 0 aliphatic heterocycles. The Bertz CT molecular complexity index is 860. The smallest absolute Gasteiger partial charge is 0.276 e. The Morgan fingerprint density at radius 3 is 2.52 bits per heavy atom. The maximum atomic E-state index is 11.8. The van der Waals surface area contributed by atoms with Crippen LogP contribution in [0.1, 0.15) is 5.56 Å². The molecule has 2 aromatic rings. The molecule has 0 saturated heterocycles. The first-order valence-corrected chi connectivity index (χ1v) is 9.64. The van der Waals surface area contributed by atoms with Crippen LogP contribution in [-0.4, -0.2) is 23.5 Å². The minimum absolute atomic E-state index is 0.0316. The van der Waals surface area contributed by atoms with Crippen LogP contribution in [0.2, 0.25) is 0 Å². The third-order valence-corrected chi connectivity index (χ3v) is 4.35. The molecule has 0 fully saturated rings. The lowest BCUT2D eigenvalue weighted by Crippen LogP contribution is -2.49. The van der Waals surface area contributed by atoms with Crippen molar-refractivity contribution in [3.8, 4) is 5.75 Å². The number of carbonyl (C=O) groups excluding carboxylic acids is 2. The summed E-state index contributed by atoms with van der Waals surface area (Å²) in [5.74, 6) is -0.350. The zero-order chi connectivity index (χ0) is 19.6. The first-order valence-electron chi connectivity index (χ1n) is 7.65. The number of rotatable bonds is 5. The monoisotopic (exact) mass is 511 g/mol. The minimum atomic E-state index is -0.457. The number of thiocarbonyl (C=S) groups is 1. The van der Waals surface area contributed by atoms with Crippen LogP contribution in [0.15, 0.2) is 63.6 Å². The van der Waals surface area contributed by atoms with Gasteiger partial charge in [-0.3, -0.25) is 25.8 Å². The summed E-state index contributed by atoms with van der Waals surface area (Å²) in [6, 6.07) is 14.7. The fourth-order valence-corrected chi connectivity index (χ4v) is 3.13. The highest BCUT2D eigenvalue weighted by atomic mass is 79.9. The van der Waals surface area contributed by atoms with Gasteiger partial charge in [0.1, 0.15) is 5.75 Å². The van der Waals surface area contributed by atoms with Crippen molar-refractivity contribution >= 4 is 67.1 Å². The number of ether oxygens (including phenoxy) is 1. The van der Waals surface area contributed by atoms with Crippen LogP contribution < -0.4 is 20.9 Å². The number of amides is 2. The van der Waals surface area contributed by atoms with Crippen LogP contribution in [0.3, 0.4) is 0 Å². The Kier molecular flexibility index (Phi) is 8.43. The first kappa shape index (κ1) is 21.1. The second-order valence-corrected chi connectivity index (χ2v) is 7.28. The van der Waals surface area contributed by atoms with E-state index in [4.69, 9.17) is 17.0 Å². The molecule has 0 saturated carbocycles. The van der Waals surface area contributed by atoms with Gasteiger partial charge in [-0.25, -0.2) is 0 Å². The largest absolute Gasteiger partial charge is 0.483 e. The summed E-state index contributed by atoms with van der Waals surface area (Å²) < 4.78 is 6.99. The highest BCUT2D eigenvalue weighted by Crippen LogP contribution is 2.27. The van der Waals surface area contributed by atoms with Crippen molar-refractivity contribution in [1.82, 2.24) is 16.2 Å². The number of nitrogens with one attached hydrogen (secondary N) is 3. The average molecular weight is 513 g/mol. The van der Waals surface area contributed by atoms with Crippen molar-refractivity contribution in [3.05, 3.63) is 69.1 Å². The third-order valence-electron chi connectivity index (χ3n) is 3.03. The Balaban J connectivity index is 1.70. The molecule has 3 N–H and O–H groups in total. The van der Waals surface area contributed by atoms with Gasteiger partial charge in [0.25, 0.3) is 5.91 Å². The lowest BCUT2D eigenvalue weighted by Gasteiger charge is -2.11. The van der Waals surface area contributed by atoms with Crippen molar-refractivity contribution in [2.24, 2.45) is 0 Å². The van der Waals surface area contributed by atoms with E-state index in [1.165, 1.54) is 6.08 Å². The van der Waals surface area contributed by atoms with Crippen LogP contribution in [-0.2, 0) is 9.59 Å². The standard InChI is InChI=1S/C18H15Br2N3O3S/c19-13-7-8-15(14(20)10-13)26-11-17(25)22-23-18(27)21-16(24)9-6-12-4-2-1-3-5-12/h1-10H,11H2,(H,22,25)(H2,21,23,24,27)/b9-6+. The zero-order valence-corrected chi connectivity index (χ0v) is 17.9. The van der Waals surface area contributed by atoms with Gasteiger partial charge in [-0.05, 0) is 58.0 Å². The topological polar surface area (TPSA) is 79.5 Å². The van der Waals surface area contributed by atoms with Gasteiger partial charge in [0, 0.05) is 10.5 Å². The fraction of sp³-hybridized carbons (Fsp3) is 0.0556. The summed E-state index contributed by atoms with van der Waals surface area (Å²) >= 11 is 11.6. The SMILES string of the molecule is O=C(/C=C/c1ccccc1)NC(=S)NNC(=O)COc1ccc(Br)cc1Br. The molecule has 27 heavy (non-hydrogen) atoms. The number of hydrazine groups is 1. The van der Waals surface area contributed by atoms with Crippen molar-refractivity contribution in [2.75, 3.05) is 6.61 Å². The lowest BCUT2D eigenvalue weighted by atomic mass is 10.2. The maximum absolute atomic E-state index is 11.8. The molecule has 0 aliphatic carbocycles. The molecule has 0 aromatic heterocycles. The summed E-state index contributed by atoms with van der Waals surface area (Å²) in [6.45, 7) is -0.225. The van der Waals surface area contributed by atoms with Crippen LogP contribution in [0, 0.1) is 0 Å². The molecular weight excluding hydrogens is 498 g/mol. The molecule has 2 aromatic carbocycles. The summed E-state index contributed by atoms with van der Waals surface area (Å²) in [7, 11) is 0. The van der Waals surface area contributed by atoms with Crippen molar-refractivity contribution in [2.45, 2.75) is 0 Å². The molecule has 2 rings (SSSR count). The molecular formula is C18H15Br2N3O3S. The van der Waals surface area contributed by atoms with Crippen LogP contribution in [0.25, 0.3) is 6.08 Å². The highest BCUT2D eigenvalue weighted by Gasteiger charge is 2.07. The van der Waals surface area contributed by atoms with Gasteiger partial charge in [-0.1, -0.05) is 46.3 Å². The summed E-state index contributed by atoms with van der Waals surface area (Å²) in [5.41, 5.74) is 5.67. The number of hydrogen-bond donors (Lipinski definition) is 3. The Morgan fingerprint density at radius 2 is 1.81 bits per heavy atom. The van der Waals surface area contributed by atoms with E-state index in [1.807, 2.05) is 30.3 Å². The summed E-state index contributed by atoms with van der Waals surface area (Å²) in [5, 5.41) is 2.39. The van der Waals surface area contributed by atoms with Crippen LogP contribution >= 0.6 is 44.1 Å². The first-order chi connectivity index (χ1) is 12.9. The maximum Gasteiger partial charge on any atom is 0.276 e. The van der Waals surface area contributed by atoms with Crippen molar-refractivity contribution in [3.63, 3.8) is 0 Å². The molecule has 9 heteroatoms. The Morgan fingerprint density at radius 1 is 1.07 bits per heavy atom. The molecule has 0 aliphatic rings. The molecule has 6 nitrogen and oxygen atoms in total. The quantitative estimate of drug-likeness (QED) is 0.325. The third kappa shape index (κ3) is 7.90. The summed E-state index contributed by atoms with van der Waals surface area (Å²) in [6.07, 6.45) is 3.00. The number of carbonyl (C=O) groups is 2. The van der Waals surface area contributed by atoms with E-state index in [0.717, 1.165) is 10.0 Å². The van der Waals surface area contributed by atoms with Crippen molar-refractivity contribution in [1.29, 1.82) is 0 Å². The lowest BCUT2D eigenvalue weighted by molar-refractivity contribution is -0.123. The second kappa shape index (κ2) is 10.8. The fourth-order valence-electron chi connectivity index (χ4n) is 1.82. The van der Waals surface area contributed by atoms with Gasteiger partial charge in [0.05, 0.1) is 4.47 Å². The van der Waals surface area contributed by atoms with Crippen LogP contribution in [0.4, 0.5) is 0 Å². The van der Waals surface area contributed by atoms with Crippen LogP contribution in [0.5, 0.6) is 5.75 Å². The molecule has 140 valence electrons. The van der Waals surface area contributed by atoms with Gasteiger partial charge >= 0.3 is 0 Å². The van der Waals surface area contributed by atoms with E-state index in [0.29, 0.717) is 10.2 Å². The van der Waals surface area contributed by atoms with E-state index in [-0.39, 0.29) is 11.7 Å². The number of hydrogen-bond acceptors (Lipinski definition) is 4. The average Bonchev–Trinajstić information content (AvgIpc) is 2.65. The Labute approximate surface area is 178 Å². The normalized spacial score (nSPS) is 10.3. The van der Waals surface area contributed by atoms with E-state index in [2.05, 4.69) is 48.0 Å². The van der Waals surface area contributed by atoms with Gasteiger partial charge in [-0.2, -0.15) is 0 Å². The molecule has 0 radical (unpaired) electrons. The predicted octanol–water partition coefficient (Wildman–Crippen LogP) is 3.33. The van der Waals surface area contributed by atoms with E-state index >= 15 is 0 Å². The minimum Gasteiger partial charge on any atom is -0.483 e. The van der Waals surface area contributed by atoms with Gasteiger partial charge in [0.2, 0.25) is 5.91 Å². The number of halogens is 2. The van der Waals surface area contributed by atoms with E-state index in [1.54, 1.807) is 24.3 Å². The van der Waals surface area contributed by atoms with E-state index in [9.17, 15) is 9.59 Å². The Hall–Kier alpha value is -2.23.